The number of hydrogen-bond acceptors (Lipinski definition) is 3. The Hall–Kier alpha value is -2.08. The molecular weight excluding hydrogens is 338 g/mol. The molecule has 6 nitrogen and oxygen atoms in total. The van der Waals surface area contributed by atoms with Crippen molar-refractivity contribution < 1.29 is 4.79 Å². The predicted octanol–water partition coefficient (Wildman–Crippen LogP) is 1.87. The van der Waals surface area contributed by atoms with Crippen LogP contribution in [0.1, 0.15) is 44.6 Å². The second-order valence-corrected chi connectivity index (χ2v) is 7.79. The van der Waals surface area contributed by atoms with Crippen LogP contribution in [0.4, 0.5) is 0 Å². The number of carbonyl (C=O) groups excluding carboxylic acids is 1. The molecule has 0 radical (unpaired) electrons. The van der Waals surface area contributed by atoms with Crippen LogP contribution in [0.2, 0.25) is 0 Å². The van der Waals surface area contributed by atoms with Crippen LogP contribution in [-0.4, -0.2) is 55.0 Å². The fraction of sp³-hybridized carbons (Fsp3) is 0.619. The number of carbonyl (C=O) groups is 1. The molecule has 2 atom stereocenters. The zero-order chi connectivity index (χ0) is 19.1. The van der Waals surface area contributed by atoms with Gasteiger partial charge in [0.2, 0.25) is 5.91 Å². The van der Waals surface area contributed by atoms with E-state index in [1.165, 1.54) is 5.56 Å². The van der Waals surface area contributed by atoms with E-state index in [0.29, 0.717) is 24.5 Å². The molecule has 0 bridgehead atoms. The quantitative estimate of drug-likeness (QED) is 0.371. The normalized spacial score (nSPS) is 23.3. The zero-order valence-electron chi connectivity index (χ0n) is 16.6. The molecule has 0 aromatic heterocycles. The minimum atomic E-state index is 0.170. The van der Waals surface area contributed by atoms with E-state index in [9.17, 15) is 4.79 Å². The summed E-state index contributed by atoms with van der Waals surface area (Å²) in [5.74, 6) is 1.000. The average Bonchev–Trinajstić information content (AvgIpc) is 3.41. The van der Waals surface area contributed by atoms with E-state index in [-0.39, 0.29) is 5.91 Å². The smallest absolute Gasteiger partial charge is 0.220 e. The predicted molar refractivity (Wildman–Crippen MR) is 110 cm³/mol. The summed E-state index contributed by atoms with van der Waals surface area (Å²) >= 11 is 0. The van der Waals surface area contributed by atoms with Gasteiger partial charge in [0.15, 0.2) is 5.96 Å². The van der Waals surface area contributed by atoms with Crippen LogP contribution in [0.5, 0.6) is 0 Å². The van der Waals surface area contributed by atoms with Gasteiger partial charge in [-0.15, -0.1) is 0 Å². The first kappa shape index (κ1) is 19.7. The molecule has 2 aliphatic rings. The summed E-state index contributed by atoms with van der Waals surface area (Å²) in [7, 11) is 1.80. The number of nitrogens with one attached hydrogen (secondary N) is 3. The van der Waals surface area contributed by atoms with Crippen molar-refractivity contribution in [2.45, 2.75) is 63.7 Å². The van der Waals surface area contributed by atoms with Crippen molar-refractivity contribution in [3.63, 3.8) is 0 Å². The Labute approximate surface area is 162 Å². The third-order valence-electron chi connectivity index (χ3n) is 5.31. The highest BCUT2D eigenvalue weighted by Crippen LogP contribution is 2.20. The fourth-order valence-electron chi connectivity index (χ4n) is 3.61. The molecule has 27 heavy (non-hydrogen) atoms. The molecule has 6 heteroatoms. The van der Waals surface area contributed by atoms with Crippen molar-refractivity contribution in [1.82, 2.24) is 20.9 Å². The summed E-state index contributed by atoms with van der Waals surface area (Å²) < 4.78 is 0. The Morgan fingerprint density at radius 1 is 1.19 bits per heavy atom. The standard InChI is InChI=1S/C21H33N5O/c1-16-13-19(15-26(16)14-17-7-4-3-5-8-17)25-21(22-2)23-12-6-9-20(27)24-18-10-11-18/h3-5,7-8,16,18-19H,6,9-15H2,1-2H3,(H,24,27)(H2,22,23,25). The average molecular weight is 372 g/mol. The summed E-state index contributed by atoms with van der Waals surface area (Å²) in [6.07, 6.45) is 4.78. The maximum atomic E-state index is 11.7. The van der Waals surface area contributed by atoms with E-state index >= 15 is 0 Å². The van der Waals surface area contributed by atoms with E-state index < -0.39 is 0 Å². The molecule has 1 amide bonds. The molecule has 2 unspecified atom stereocenters. The van der Waals surface area contributed by atoms with Gasteiger partial charge in [0, 0.05) is 51.2 Å². The summed E-state index contributed by atoms with van der Waals surface area (Å²) in [5, 5.41) is 9.91. The Balaban J connectivity index is 1.36. The molecule has 1 aromatic carbocycles. The SMILES string of the molecule is CN=C(NCCCC(=O)NC1CC1)NC1CC(C)N(Cc2ccccc2)C1. The third-order valence-corrected chi connectivity index (χ3v) is 5.31. The minimum Gasteiger partial charge on any atom is -0.356 e. The van der Waals surface area contributed by atoms with Gasteiger partial charge in [-0.05, 0) is 38.2 Å². The molecular formula is C21H33N5O. The Morgan fingerprint density at radius 2 is 1.96 bits per heavy atom. The monoisotopic (exact) mass is 371 g/mol. The molecule has 1 saturated carbocycles. The molecule has 1 aliphatic carbocycles. The topological polar surface area (TPSA) is 68.8 Å². The molecule has 3 rings (SSSR count). The summed E-state index contributed by atoms with van der Waals surface area (Å²) in [5.41, 5.74) is 1.36. The summed E-state index contributed by atoms with van der Waals surface area (Å²) in [6, 6.07) is 12.0. The van der Waals surface area contributed by atoms with Crippen molar-refractivity contribution in [2.75, 3.05) is 20.1 Å². The van der Waals surface area contributed by atoms with Crippen molar-refractivity contribution in [2.24, 2.45) is 4.99 Å². The Kier molecular flexibility index (Phi) is 7.10. The van der Waals surface area contributed by atoms with Crippen molar-refractivity contribution in [3.8, 4) is 0 Å². The van der Waals surface area contributed by atoms with Gasteiger partial charge in [0.25, 0.3) is 0 Å². The molecule has 1 aromatic rings. The third kappa shape index (κ3) is 6.54. The second-order valence-electron chi connectivity index (χ2n) is 7.79. The number of rotatable bonds is 8. The van der Waals surface area contributed by atoms with Gasteiger partial charge in [-0.3, -0.25) is 14.7 Å². The minimum absolute atomic E-state index is 0.170. The van der Waals surface area contributed by atoms with Crippen LogP contribution >= 0.6 is 0 Å². The Bertz CT molecular complexity index is 629. The fourth-order valence-corrected chi connectivity index (χ4v) is 3.61. The van der Waals surface area contributed by atoms with Crippen molar-refractivity contribution in [3.05, 3.63) is 35.9 Å². The number of likely N-dealkylation sites (tertiary alicyclic amines) is 1. The summed E-state index contributed by atoms with van der Waals surface area (Å²) in [4.78, 5) is 18.6. The van der Waals surface area contributed by atoms with Crippen LogP contribution in [0.15, 0.2) is 35.3 Å². The van der Waals surface area contributed by atoms with Gasteiger partial charge < -0.3 is 16.0 Å². The van der Waals surface area contributed by atoms with Gasteiger partial charge in [-0.2, -0.15) is 0 Å². The lowest BCUT2D eigenvalue weighted by Crippen LogP contribution is -2.44. The maximum absolute atomic E-state index is 11.7. The maximum Gasteiger partial charge on any atom is 0.220 e. The number of hydrogen-bond donors (Lipinski definition) is 3. The van der Waals surface area contributed by atoms with E-state index in [2.05, 4.69) is 63.1 Å². The Morgan fingerprint density at radius 3 is 2.67 bits per heavy atom. The van der Waals surface area contributed by atoms with E-state index in [0.717, 1.165) is 51.3 Å². The molecule has 1 saturated heterocycles. The molecule has 1 heterocycles. The highest BCUT2D eigenvalue weighted by Gasteiger charge is 2.29. The molecule has 1 aliphatic heterocycles. The first-order valence-electron chi connectivity index (χ1n) is 10.2. The van der Waals surface area contributed by atoms with Gasteiger partial charge >= 0.3 is 0 Å². The number of amides is 1. The number of nitrogens with zero attached hydrogens (tertiary/aromatic N) is 2. The van der Waals surface area contributed by atoms with Crippen LogP contribution < -0.4 is 16.0 Å². The number of guanidine groups is 1. The second kappa shape index (κ2) is 9.74. The van der Waals surface area contributed by atoms with Gasteiger partial charge in [-0.25, -0.2) is 0 Å². The van der Waals surface area contributed by atoms with Crippen LogP contribution in [0.25, 0.3) is 0 Å². The van der Waals surface area contributed by atoms with Crippen LogP contribution in [0, 0.1) is 0 Å². The van der Waals surface area contributed by atoms with E-state index in [4.69, 9.17) is 0 Å². The van der Waals surface area contributed by atoms with Gasteiger partial charge in [0.05, 0.1) is 0 Å². The van der Waals surface area contributed by atoms with Gasteiger partial charge in [-0.1, -0.05) is 30.3 Å². The molecule has 3 N–H and O–H groups in total. The zero-order valence-corrected chi connectivity index (χ0v) is 16.6. The molecule has 0 spiro atoms. The first-order chi connectivity index (χ1) is 13.1. The molecule has 148 valence electrons. The lowest BCUT2D eigenvalue weighted by molar-refractivity contribution is -0.121. The number of aliphatic imine (C=N–C) groups is 1. The van der Waals surface area contributed by atoms with E-state index in [1.807, 2.05) is 0 Å². The van der Waals surface area contributed by atoms with Crippen LogP contribution in [-0.2, 0) is 11.3 Å². The summed E-state index contributed by atoms with van der Waals surface area (Å²) in [6.45, 7) is 5.05. The van der Waals surface area contributed by atoms with Crippen molar-refractivity contribution in [1.29, 1.82) is 0 Å². The van der Waals surface area contributed by atoms with Crippen molar-refractivity contribution >= 4 is 11.9 Å². The molecule has 2 fully saturated rings. The number of benzene rings is 1. The largest absolute Gasteiger partial charge is 0.356 e. The first-order valence-corrected chi connectivity index (χ1v) is 10.2. The highest BCUT2D eigenvalue weighted by atomic mass is 16.1. The van der Waals surface area contributed by atoms with Crippen LogP contribution in [0.3, 0.4) is 0 Å². The van der Waals surface area contributed by atoms with Gasteiger partial charge in [0.1, 0.15) is 0 Å². The highest BCUT2D eigenvalue weighted by molar-refractivity contribution is 5.80. The van der Waals surface area contributed by atoms with E-state index in [1.54, 1.807) is 7.05 Å². The lowest BCUT2D eigenvalue weighted by atomic mass is 10.2. The lowest BCUT2D eigenvalue weighted by Gasteiger charge is -2.21.